The summed E-state index contributed by atoms with van der Waals surface area (Å²) in [4.78, 5) is 0. The van der Waals surface area contributed by atoms with E-state index in [9.17, 15) is 0 Å². The minimum Gasteiger partial charge on any atom is -1.00 e. The summed E-state index contributed by atoms with van der Waals surface area (Å²) >= 11 is 0. The molecule has 7 rings (SSSR count). The van der Waals surface area contributed by atoms with Gasteiger partial charge in [0.25, 0.3) is 0 Å². The number of rotatable bonds is 5. The van der Waals surface area contributed by atoms with E-state index in [0.717, 1.165) is 19.3 Å². The molecule has 1 saturated carbocycles. The van der Waals surface area contributed by atoms with Crippen molar-refractivity contribution >= 4 is 17.2 Å². The minimum atomic E-state index is 0. The Morgan fingerprint density at radius 3 is 2.00 bits per heavy atom. The van der Waals surface area contributed by atoms with Gasteiger partial charge in [-0.25, -0.2) is 0 Å². The largest absolute Gasteiger partial charge is 3.00 e. The first-order chi connectivity index (χ1) is 18.3. The summed E-state index contributed by atoms with van der Waals surface area (Å²) in [6, 6.07) is 31.3. The smallest absolute Gasteiger partial charge is 1.00 e. The Morgan fingerprint density at radius 1 is 0.675 bits per heavy atom. The first kappa shape index (κ1) is 30.5. The fourth-order valence-corrected chi connectivity index (χ4v) is 6.45. The molecular weight excluding hydrogens is 607 g/mol. The quantitative estimate of drug-likeness (QED) is 0.255. The second-order valence-corrected chi connectivity index (χ2v) is 10.7. The summed E-state index contributed by atoms with van der Waals surface area (Å²) in [7, 11) is 0. The molecule has 3 aliphatic carbocycles. The first-order valence-corrected chi connectivity index (χ1v) is 13.7. The van der Waals surface area contributed by atoms with Crippen LogP contribution >= 0.6 is 0 Å². The van der Waals surface area contributed by atoms with Crippen LogP contribution in [0.4, 0.5) is 0 Å². The predicted molar refractivity (Wildman–Crippen MR) is 154 cm³/mol. The first-order valence-electron chi connectivity index (χ1n) is 13.7. The molecule has 0 amide bonds. The van der Waals surface area contributed by atoms with E-state index in [1.165, 1.54) is 85.5 Å². The molecule has 0 nitrogen and oxygen atoms in total. The van der Waals surface area contributed by atoms with Crippen LogP contribution in [0, 0.1) is 10.4 Å². The van der Waals surface area contributed by atoms with E-state index >= 15 is 0 Å². The molecule has 0 saturated heterocycles. The Hall–Kier alpha value is -2.44. The summed E-state index contributed by atoms with van der Waals surface area (Å²) in [5.41, 5.74) is 11.4. The molecule has 0 unspecified atom stereocenters. The maximum absolute atomic E-state index is 3.89. The summed E-state index contributed by atoms with van der Waals surface area (Å²) in [5, 5.41) is 5.47. The summed E-state index contributed by atoms with van der Waals surface area (Å²) in [5.74, 6) is 0. The van der Waals surface area contributed by atoms with E-state index in [2.05, 4.69) is 109 Å². The second kappa shape index (κ2) is 13.5. The molecule has 0 spiro atoms. The van der Waals surface area contributed by atoms with Crippen LogP contribution in [0.15, 0.2) is 103 Å². The summed E-state index contributed by atoms with van der Waals surface area (Å²) < 4.78 is 0. The summed E-state index contributed by atoms with van der Waals surface area (Å²) in [6.07, 6.45) is 18.8. The van der Waals surface area contributed by atoms with Crippen LogP contribution in [-0.4, -0.2) is 0 Å². The van der Waals surface area contributed by atoms with E-state index in [4.69, 9.17) is 0 Å². The molecule has 4 aromatic carbocycles. The average Bonchev–Trinajstić information content (AvgIpc) is 3.71. The van der Waals surface area contributed by atoms with E-state index in [0.29, 0.717) is 0 Å². The molecular formula is C37H31Cl2Zr. The van der Waals surface area contributed by atoms with Crippen molar-refractivity contribution in [2.75, 3.05) is 0 Å². The van der Waals surface area contributed by atoms with E-state index in [1.54, 1.807) is 5.57 Å². The van der Waals surface area contributed by atoms with Gasteiger partial charge in [-0.1, -0.05) is 125 Å². The molecule has 0 aromatic heterocycles. The van der Waals surface area contributed by atoms with Crippen LogP contribution < -0.4 is 35.3 Å². The van der Waals surface area contributed by atoms with Crippen LogP contribution in [-0.2, 0) is 39.0 Å². The van der Waals surface area contributed by atoms with Crippen LogP contribution in [0.3, 0.4) is 0 Å². The van der Waals surface area contributed by atoms with E-state index in [-0.39, 0.29) is 51.0 Å². The Kier molecular flexibility index (Phi) is 10.3. The standard InChI is InChI=1S/C37H31.2ClH.Zr/c1-3-11-26(12-4-1)21-28-19-20-31-24-35-34(33(31)23-28)25-32(22-27-13-5-2-6-14-27)36(29-15-7-8-16-29)37(35)30-17-9-10-18-30;;;/h1-6,9-14,17,19-20,23,25H,7-8,15-16,18,21-22H2;2*1H;/q-1;;;+3/p-2. The third kappa shape index (κ3) is 5.94. The number of halogens is 2. The summed E-state index contributed by atoms with van der Waals surface area (Å²) in [6.45, 7) is 0. The van der Waals surface area contributed by atoms with Gasteiger partial charge in [0.1, 0.15) is 0 Å². The molecule has 1 radical (unpaired) electrons. The van der Waals surface area contributed by atoms with Crippen molar-refractivity contribution in [2.24, 2.45) is 0 Å². The van der Waals surface area contributed by atoms with Gasteiger partial charge in [-0.2, -0.15) is 0 Å². The fourth-order valence-electron chi connectivity index (χ4n) is 6.45. The molecule has 0 N–H and O–H groups in total. The van der Waals surface area contributed by atoms with Gasteiger partial charge in [0.15, 0.2) is 0 Å². The molecule has 3 aliphatic rings. The fraction of sp³-hybridized carbons (Fsp3) is 0.189. The average molecular weight is 638 g/mol. The van der Waals surface area contributed by atoms with Crippen molar-refractivity contribution in [3.05, 3.63) is 157 Å². The van der Waals surface area contributed by atoms with Crippen molar-refractivity contribution in [3.8, 4) is 0 Å². The number of benzene rings is 4. The van der Waals surface area contributed by atoms with Crippen molar-refractivity contribution in [2.45, 2.75) is 44.9 Å². The number of allylic oxidation sites excluding steroid dienone is 4. The molecule has 1 fully saturated rings. The van der Waals surface area contributed by atoms with Gasteiger partial charge >= 0.3 is 26.2 Å². The Morgan fingerprint density at radius 2 is 1.35 bits per heavy atom. The molecule has 3 heteroatoms. The normalized spacial score (nSPS) is 14.3. The number of hydrogen-bond acceptors (Lipinski definition) is 0. The van der Waals surface area contributed by atoms with Crippen LogP contribution in [0.1, 0.15) is 65.5 Å². The zero-order valence-electron chi connectivity index (χ0n) is 22.5. The van der Waals surface area contributed by atoms with Gasteiger partial charge in [-0.05, 0) is 61.3 Å². The maximum atomic E-state index is 3.89. The predicted octanol–water partition coefficient (Wildman–Crippen LogP) is 1.25. The van der Waals surface area contributed by atoms with Crippen molar-refractivity contribution in [3.63, 3.8) is 0 Å². The van der Waals surface area contributed by atoms with Crippen molar-refractivity contribution < 1.29 is 51.0 Å². The van der Waals surface area contributed by atoms with Crippen molar-refractivity contribution in [1.82, 2.24) is 0 Å². The third-order valence-corrected chi connectivity index (χ3v) is 8.18. The topological polar surface area (TPSA) is 0 Å². The van der Waals surface area contributed by atoms with Gasteiger partial charge in [0.2, 0.25) is 0 Å². The molecule has 197 valence electrons. The van der Waals surface area contributed by atoms with Crippen molar-refractivity contribution in [1.29, 1.82) is 0 Å². The minimum absolute atomic E-state index is 0. The van der Waals surface area contributed by atoms with Gasteiger partial charge < -0.3 is 24.8 Å². The monoisotopic (exact) mass is 635 g/mol. The molecule has 0 heterocycles. The van der Waals surface area contributed by atoms with Crippen LogP contribution in [0.5, 0.6) is 0 Å². The molecule has 4 aromatic rings. The molecule has 40 heavy (non-hydrogen) atoms. The number of fused-ring (bicyclic) bond motifs is 2. The van der Waals surface area contributed by atoms with Gasteiger partial charge in [0, 0.05) is 0 Å². The Balaban J connectivity index is 0.00000123. The zero-order chi connectivity index (χ0) is 24.6. The van der Waals surface area contributed by atoms with E-state index < -0.39 is 0 Å². The van der Waals surface area contributed by atoms with Crippen LogP contribution in [0.25, 0.3) is 17.2 Å². The Labute approximate surface area is 268 Å². The van der Waals surface area contributed by atoms with E-state index in [1.807, 2.05) is 0 Å². The SMILES string of the molecule is [C-]1=c2ccc(Cc3ccccc3)cc2=c2cc(Cc3ccccc3)c(=C3CCCC3)c(C3=CC=CC3)c21.[Cl-].[Cl-].[Zr+3]. The van der Waals surface area contributed by atoms with Gasteiger partial charge in [-0.3, -0.25) is 0 Å². The van der Waals surface area contributed by atoms with Gasteiger partial charge in [0.05, 0.1) is 0 Å². The second-order valence-electron chi connectivity index (χ2n) is 10.7. The third-order valence-electron chi connectivity index (χ3n) is 8.18. The number of hydrogen-bond donors (Lipinski definition) is 0. The van der Waals surface area contributed by atoms with Crippen LogP contribution in [0.2, 0.25) is 0 Å². The zero-order valence-corrected chi connectivity index (χ0v) is 26.5. The maximum Gasteiger partial charge on any atom is 3.00 e. The van der Waals surface area contributed by atoms with Gasteiger partial charge in [-0.15, -0.1) is 33.4 Å². The molecule has 0 aliphatic heterocycles. The molecule has 0 bridgehead atoms. The molecule has 0 atom stereocenters. The Bertz CT molecular complexity index is 1780.